The number of hydrogen-bond acceptors (Lipinski definition) is 3. The molecular weight excluding hydrogens is 313 g/mol. The number of rotatable bonds is 2. The first-order chi connectivity index (χ1) is 7.25. The maximum atomic E-state index is 4.43. The number of hydrogen-bond donors (Lipinski definition) is 2. The Morgan fingerprint density at radius 2 is 2.00 bits per heavy atom. The van der Waals surface area contributed by atoms with Crippen molar-refractivity contribution in [2.45, 2.75) is 25.9 Å². The Labute approximate surface area is 114 Å². The van der Waals surface area contributed by atoms with Crippen LogP contribution < -0.4 is 10.6 Å². The van der Waals surface area contributed by atoms with E-state index in [0.717, 1.165) is 12.5 Å². The summed E-state index contributed by atoms with van der Waals surface area (Å²) in [6.45, 7) is 5.04. The summed E-state index contributed by atoms with van der Waals surface area (Å²) < 4.78 is 0. The van der Waals surface area contributed by atoms with Crippen molar-refractivity contribution < 1.29 is 0 Å². The average Bonchev–Trinajstić information content (AvgIpc) is 2.67. The highest BCUT2D eigenvalue weighted by Crippen LogP contribution is 2.15. The van der Waals surface area contributed by atoms with Crippen molar-refractivity contribution in [3.8, 4) is 0 Å². The van der Waals surface area contributed by atoms with Gasteiger partial charge in [-0.2, -0.15) is 0 Å². The number of halogens is 1. The predicted octanol–water partition coefficient (Wildman–Crippen LogP) is 2.30. The van der Waals surface area contributed by atoms with Gasteiger partial charge in [-0.05, 0) is 19.4 Å². The molecule has 1 aromatic rings. The summed E-state index contributed by atoms with van der Waals surface area (Å²) in [7, 11) is 0. The van der Waals surface area contributed by atoms with Crippen LogP contribution in [-0.4, -0.2) is 18.5 Å². The second-order valence-corrected chi connectivity index (χ2v) is 4.10. The summed E-state index contributed by atoms with van der Waals surface area (Å²) in [6, 6.07) is 11.2. The van der Waals surface area contributed by atoms with E-state index in [9.17, 15) is 0 Å². The average molecular weight is 331 g/mol. The minimum Gasteiger partial charge on any atom is -0.354 e. The van der Waals surface area contributed by atoms with Gasteiger partial charge in [0, 0.05) is 6.04 Å². The molecule has 88 valence electrons. The van der Waals surface area contributed by atoms with E-state index in [1.165, 1.54) is 5.56 Å². The molecular formula is C12H18IN3. The molecule has 1 atom stereocenters. The second kappa shape index (κ2) is 6.08. The molecule has 1 aromatic carbocycles. The van der Waals surface area contributed by atoms with Gasteiger partial charge in [-0.15, -0.1) is 24.0 Å². The molecule has 0 radical (unpaired) electrons. The second-order valence-electron chi connectivity index (χ2n) is 4.10. The van der Waals surface area contributed by atoms with Crippen LogP contribution in [0.5, 0.6) is 0 Å². The van der Waals surface area contributed by atoms with Crippen molar-refractivity contribution in [1.82, 2.24) is 10.6 Å². The Bertz CT molecular complexity index is 349. The summed E-state index contributed by atoms with van der Waals surface area (Å²) in [4.78, 5) is 4.43. The molecule has 16 heavy (non-hydrogen) atoms. The fourth-order valence-corrected chi connectivity index (χ4v) is 1.67. The molecule has 0 aliphatic carbocycles. The number of guanidine groups is 1. The Morgan fingerprint density at radius 1 is 1.31 bits per heavy atom. The third kappa shape index (κ3) is 3.37. The van der Waals surface area contributed by atoms with Crippen molar-refractivity contribution in [3.63, 3.8) is 0 Å². The van der Waals surface area contributed by atoms with Crippen LogP contribution in [0.25, 0.3) is 0 Å². The fourth-order valence-electron chi connectivity index (χ4n) is 1.67. The van der Waals surface area contributed by atoms with Crippen LogP contribution in [0.15, 0.2) is 35.3 Å². The van der Waals surface area contributed by atoms with E-state index < -0.39 is 0 Å². The molecule has 1 heterocycles. The van der Waals surface area contributed by atoms with Crippen LogP contribution in [-0.2, 0) is 0 Å². The van der Waals surface area contributed by atoms with E-state index in [-0.39, 0.29) is 24.0 Å². The molecule has 4 heteroatoms. The highest BCUT2D eigenvalue weighted by Gasteiger charge is 2.18. The molecule has 2 rings (SSSR count). The molecule has 1 aliphatic heterocycles. The molecule has 1 aliphatic rings. The molecule has 2 N–H and O–H groups in total. The molecule has 0 saturated carbocycles. The van der Waals surface area contributed by atoms with E-state index in [0.29, 0.717) is 12.1 Å². The van der Waals surface area contributed by atoms with Gasteiger partial charge >= 0.3 is 0 Å². The van der Waals surface area contributed by atoms with E-state index in [1.807, 2.05) is 6.07 Å². The Kier molecular flexibility index (Phi) is 5.05. The first-order valence-corrected chi connectivity index (χ1v) is 5.38. The zero-order valence-corrected chi connectivity index (χ0v) is 11.9. The normalized spacial score (nSPS) is 18.7. The lowest BCUT2D eigenvalue weighted by atomic mass is 10.1. The quantitative estimate of drug-likeness (QED) is 0.816. The summed E-state index contributed by atoms with van der Waals surface area (Å²) in [5, 5.41) is 6.66. The maximum Gasteiger partial charge on any atom is 0.192 e. The first kappa shape index (κ1) is 13.3. The number of nitrogens with zero attached hydrogens (tertiary/aromatic N) is 1. The number of aliphatic imine (C=N–C) groups is 1. The van der Waals surface area contributed by atoms with Crippen LogP contribution in [0, 0.1) is 0 Å². The fraction of sp³-hybridized carbons (Fsp3) is 0.417. The van der Waals surface area contributed by atoms with Gasteiger partial charge in [0.2, 0.25) is 0 Å². The molecule has 0 aromatic heterocycles. The third-order valence-corrected chi connectivity index (χ3v) is 2.37. The lowest BCUT2D eigenvalue weighted by Crippen LogP contribution is -2.39. The van der Waals surface area contributed by atoms with Gasteiger partial charge in [-0.1, -0.05) is 30.3 Å². The van der Waals surface area contributed by atoms with E-state index in [4.69, 9.17) is 0 Å². The minimum atomic E-state index is 0. The van der Waals surface area contributed by atoms with Crippen LogP contribution in [0.4, 0.5) is 0 Å². The van der Waals surface area contributed by atoms with Gasteiger partial charge in [0.05, 0.1) is 12.6 Å². The number of benzene rings is 1. The highest BCUT2D eigenvalue weighted by molar-refractivity contribution is 14.0. The molecule has 0 amide bonds. The van der Waals surface area contributed by atoms with Crippen LogP contribution in [0.2, 0.25) is 0 Å². The first-order valence-electron chi connectivity index (χ1n) is 5.38. The Hall–Kier alpha value is -0.780. The van der Waals surface area contributed by atoms with Gasteiger partial charge < -0.3 is 10.6 Å². The van der Waals surface area contributed by atoms with Gasteiger partial charge in [-0.25, -0.2) is 0 Å². The maximum absolute atomic E-state index is 4.43. The monoisotopic (exact) mass is 331 g/mol. The molecule has 1 unspecified atom stereocenters. The van der Waals surface area contributed by atoms with Gasteiger partial charge in [0.25, 0.3) is 0 Å². The van der Waals surface area contributed by atoms with Gasteiger partial charge in [0.1, 0.15) is 0 Å². The molecule has 0 saturated heterocycles. The zero-order chi connectivity index (χ0) is 10.7. The van der Waals surface area contributed by atoms with Gasteiger partial charge in [-0.3, -0.25) is 4.99 Å². The van der Waals surface area contributed by atoms with E-state index in [1.54, 1.807) is 0 Å². The largest absolute Gasteiger partial charge is 0.354 e. The molecule has 0 fully saturated rings. The summed E-state index contributed by atoms with van der Waals surface area (Å²) in [5.74, 6) is 0.916. The standard InChI is InChI=1S/C12H17N3.HI/c1-9(2)14-12-13-8-11(15-12)10-6-4-3-5-7-10;/h3-7,9,11H,8H2,1-2H3,(H2,13,14,15);1H. The van der Waals surface area contributed by atoms with Crippen LogP contribution in [0.3, 0.4) is 0 Å². The van der Waals surface area contributed by atoms with Crippen molar-refractivity contribution >= 4 is 29.9 Å². The molecule has 0 bridgehead atoms. The van der Waals surface area contributed by atoms with Crippen LogP contribution in [0.1, 0.15) is 25.5 Å². The third-order valence-electron chi connectivity index (χ3n) is 2.37. The number of nitrogens with one attached hydrogen (secondary N) is 2. The van der Waals surface area contributed by atoms with E-state index in [2.05, 4.69) is 53.7 Å². The zero-order valence-electron chi connectivity index (χ0n) is 9.60. The summed E-state index contributed by atoms with van der Waals surface area (Å²) >= 11 is 0. The van der Waals surface area contributed by atoms with Crippen molar-refractivity contribution in [2.24, 2.45) is 4.99 Å². The predicted molar refractivity (Wildman–Crippen MR) is 78.3 cm³/mol. The Morgan fingerprint density at radius 3 is 2.62 bits per heavy atom. The van der Waals surface area contributed by atoms with Crippen molar-refractivity contribution in [1.29, 1.82) is 0 Å². The minimum absolute atomic E-state index is 0. The summed E-state index contributed by atoms with van der Waals surface area (Å²) in [5.41, 5.74) is 1.29. The van der Waals surface area contributed by atoms with Gasteiger partial charge in [0.15, 0.2) is 5.96 Å². The van der Waals surface area contributed by atoms with Crippen LogP contribution >= 0.6 is 24.0 Å². The smallest absolute Gasteiger partial charge is 0.192 e. The van der Waals surface area contributed by atoms with Crippen molar-refractivity contribution in [2.75, 3.05) is 6.54 Å². The lowest BCUT2D eigenvalue weighted by molar-refractivity contribution is 0.674. The SMILES string of the molecule is CC(C)NC1=NCC(c2ccccc2)N1.I. The Balaban J connectivity index is 0.00000128. The summed E-state index contributed by atoms with van der Waals surface area (Å²) in [6.07, 6.45) is 0. The topological polar surface area (TPSA) is 36.4 Å². The van der Waals surface area contributed by atoms with E-state index >= 15 is 0 Å². The molecule has 3 nitrogen and oxygen atoms in total. The lowest BCUT2D eigenvalue weighted by Gasteiger charge is -2.14. The molecule has 0 spiro atoms. The highest BCUT2D eigenvalue weighted by atomic mass is 127. The van der Waals surface area contributed by atoms with Crippen molar-refractivity contribution in [3.05, 3.63) is 35.9 Å².